The molecule has 1 aromatic carbocycles. The Kier molecular flexibility index (Phi) is 2.55. The van der Waals surface area contributed by atoms with Crippen LogP contribution >= 0.6 is 15.9 Å². The molecule has 0 atom stereocenters. The van der Waals surface area contributed by atoms with Crippen molar-refractivity contribution >= 4 is 21.6 Å². The number of aryl methyl sites for hydroxylation is 1. The van der Waals surface area contributed by atoms with Crippen molar-refractivity contribution in [1.82, 2.24) is 9.55 Å². The maximum Gasteiger partial charge on any atom is 0.148 e. The van der Waals surface area contributed by atoms with Crippen molar-refractivity contribution in [2.24, 2.45) is 7.05 Å². The van der Waals surface area contributed by atoms with Crippen molar-refractivity contribution in [3.8, 4) is 11.3 Å². The second-order valence-electron chi connectivity index (χ2n) is 5.52. The van der Waals surface area contributed by atoms with Crippen LogP contribution in [0.1, 0.15) is 25.1 Å². The van der Waals surface area contributed by atoms with Gasteiger partial charge < -0.3 is 9.88 Å². The molecule has 0 radical (unpaired) electrons. The van der Waals surface area contributed by atoms with E-state index in [1.54, 1.807) is 6.33 Å². The minimum atomic E-state index is -0.384. The van der Waals surface area contributed by atoms with Crippen molar-refractivity contribution in [1.29, 1.82) is 0 Å². The summed E-state index contributed by atoms with van der Waals surface area (Å²) in [5, 5.41) is 3.27. The van der Waals surface area contributed by atoms with E-state index in [-0.39, 0.29) is 11.4 Å². The van der Waals surface area contributed by atoms with Gasteiger partial charge >= 0.3 is 0 Å². The molecule has 1 N–H and O–H groups in total. The number of aromatic nitrogens is 2. The molecule has 1 aliphatic rings. The Balaban J connectivity index is 2.45. The topological polar surface area (TPSA) is 29.9 Å². The molecule has 2 aromatic rings. The zero-order valence-corrected chi connectivity index (χ0v) is 12.9. The Morgan fingerprint density at radius 3 is 2.79 bits per heavy atom. The predicted molar refractivity (Wildman–Crippen MR) is 77.7 cm³/mol. The van der Waals surface area contributed by atoms with Crippen LogP contribution in [-0.2, 0) is 12.6 Å². The Morgan fingerprint density at radius 1 is 1.42 bits per heavy atom. The van der Waals surface area contributed by atoms with Crippen molar-refractivity contribution in [3.05, 3.63) is 33.9 Å². The molecule has 2 heterocycles. The van der Waals surface area contributed by atoms with Crippen LogP contribution in [0, 0.1) is 12.7 Å². The van der Waals surface area contributed by atoms with E-state index in [9.17, 15) is 4.39 Å². The van der Waals surface area contributed by atoms with Crippen molar-refractivity contribution in [2.45, 2.75) is 26.3 Å². The van der Waals surface area contributed by atoms with Gasteiger partial charge in [-0.1, -0.05) is 15.9 Å². The number of rotatable bonds is 0. The van der Waals surface area contributed by atoms with Crippen LogP contribution in [0.5, 0.6) is 0 Å². The van der Waals surface area contributed by atoms with Gasteiger partial charge in [-0.2, -0.15) is 0 Å². The SMILES string of the molecule is Cc1c(Br)cc(F)c2c1-c1c(ncn1C)C(C)(C)N2. The summed E-state index contributed by atoms with van der Waals surface area (Å²) in [6, 6.07) is 1.51. The first-order valence-electron chi connectivity index (χ1n) is 6.12. The van der Waals surface area contributed by atoms with Gasteiger partial charge in [-0.3, -0.25) is 0 Å². The first-order chi connectivity index (χ1) is 8.83. The van der Waals surface area contributed by atoms with Gasteiger partial charge in [0.2, 0.25) is 0 Å². The van der Waals surface area contributed by atoms with Crippen LogP contribution in [0.25, 0.3) is 11.3 Å². The van der Waals surface area contributed by atoms with E-state index < -0.39 is 0 Å². The predicted octanol–water partition coefficient (Wildman–Crippen LogP) is 3.96. The van der Waals surface area contributed by atoms with Crippen LogP contribution in [0.4, 0.5) is 10.1 Å². The number of fused-ring (bicyclic) bond motifs is 3. The smallest absolute Gasteiger partial charge is 0.148 e. The van der Waals surface area contributed by atoms with Gasteiger partial charge in [0.1, 0.15) is 5.82 Å². The van der Waals surface area contributed by atoms with E-state index in [0.717, 1.165) is 27.0 Å². The molecule has 0 amide bonds. The van der Waals surface area contributed by atoms with Gasteiger partial charge in [-0.05, 0) is 32.4 Å². The first-order valence-corrected chi connectivity index (χ1v) is 6.91. The van der Waals surface area contributed by atoms with Crippen molar-refractivity contribution in [2.75, 3.05) is 5.32 Å². The summed E-state index contributed by atoms with van der Waals surface area (Å²) in [5.74, 6) is -0.243. The summed E-state index contributed by atoms with van der Waals surface area (Å²) in [5.41, 5.74) is 4.01. The maximum atomic E-state index is 14.3. The largest absolute Gasteiger partial charge is 0.372 e. The van der Waals surface area contributed by atoms with Crippen molar-refractivity contribution in [3.63, 3.8) is 0 Å². The average molecular weight is 324 g/mol. The van der Waals surface area contributed by atoms with Gasteiger partial charge in [0.05, 0.1) is 28.9 Å². The molecule has 3 rings (SSSR count). The summed E-state index contributed by atoms with van der Waals surface area (Å²) >= 11 is 3.42. The first kappa shape index (κ1) is 12.7. The van der Waals surface area contributed by atoms with E-state index in [1.165, 1.54) is 6.07 Å². The van der Waals surface area contributed by atoms with Gasteiger partial charge in [0.25, 0.3) is 0 Å². The Hall–Kier alpha value is -1.36. The molecule has 19 heavy (non-hydrogen) atoms. The lowest BCUT2D eigenvalue weighted by molar-refractivity contribution is 0.566. The molecule has 0 saturated heterocycles. The third-order valence-corrected chi connectivity index (χ3v) is 4.50. The number of nitrogens with one attached hydrogen (secondary N) is 1. The summed E-state index contributed by atoms with van der Waals surface area (Å²) in [4.78, 5) is 4.47. The van der Waals surface area contributed by atoms with Crippen LogP contribution in [0.15, 0.2) is 16.9 Å². The van der Waals surface area contributed by atoms with E-state index >= 15 is 0 Å². The highest BCUT2D eigenvalue weighted by molar-refractivity contribution is 9.10. The fourth-order valence-corrected chi connectivity index (χ4v) is 3.09. The quantitative estimate of drug-likeness (QED) is 0.795. The zero-order valence-electron chi connectivity index (χ0n) is 11.3. The van der Waals surface area contributed by atoms with E-state index in [1.807, 2.05) is 32.4 Å². The third-order valence-electron chi connectivity index (χ3n) is 3.68. The molecule has 0 saturated carbocycles. The van der Waals surface area contributed by atoms with E-state index in [0.29, 0.717) is 5.69 Å². The molecule has 0 spiro atoms. The molecule has 0 fully saturated rings. The Morgan fingerprint density at radius 2 is 2.11 bits per heavy atom. The van der Waals surface area contributed by atoms with Crippen LogP contribution in [0.2, 0.25) is 0 Å². The number of imidazole rings is 1. The summed E-state index contributed by atoms with van der Waals surface area (Å²) in [7, 11) is 1.94. The lowest BCUT2D eigenvalue weighted by Gasteiger charge is -2.34. The average Bonchev–Trinajstić information content (AvgIpc) is 2.69. The number of halogens is 2. The fourth-order valence-electron chi connectivity index (χ4n) is 2.69. The van der Waals surface area contributed by atoms with Crippen LogP contribution in [0.3, 0.4) is 0 Å². The van der Waals surface area contributed by atoms with E-state index in [4.69, 9.17) is 0 Å². The second kappa shape index (κ2) is 3.82. The second-order valence-corrected chi connectivity index (χ2v) is 6.37. The van der Waals surface area contributed by atoms with Gasteiger partial charge in [-0.25, -0.2) is 9.37 Å². The number of hydrogen-bond donors (Lipinski definition) is 1. The van der Waals surface area contributed by atoms with E-state index in [2.05, 4.69) is 26.2 Å². The number of benzene rings is 1. The lowest BCUT2D eigenvalue weighted by Crippen LogP contribution is -2.33. The number of nitrogens with zero attached hydrogens (tertiary/aromatic N) is 2. The van der Waals surface area contributed by atoms with Crippen LogP contribution in [-0.4, -0.2) is 9.55 Å². The standard InChI is InChI=1S/C14H15BrFN3/c1-7-8(15)5-9(16)11-10(7)12-13(14(2,3)18-11)17-6-19(12)4/h5-6,18H,1-4H3. The molecule has 100 valence electrons. The minimum Gasteiger partial charge on any atom is -0.372 e. The van der Waals surface area contributed by atoms with Crippen molar-refractivity contribution < 1.29 is 4.39 Å². The molecule has 3 nitrogen and oxygen atoms in total. The number of anilines is 1. The molecular weight excluding hydrogens is 309 g/mol. The zero-order chi connectivity index (χ0) is 13.9. The monoisotopic (exact) mass is 323 g/mol. The molecule has 0 unspecified atom stereocenters. The highest BCUT2D eigenvalue weighted by Crippen LogP contribution is 2.46. The molecule has 0 bridgehead atoms. The Bertz CT molecular complexity index is 688. The maximum absolute atomic E-state index is 14.3. The highest BCUT2D eigenvalue weighted by Gasteiger charge is 2.36. The summed E-state index contributed by atoms with van der Waals surface area (Å²) in [6.45, 7) is 6.01. The normalized spacial score (nSPS) is 15.7. The molecule has 1 aliphatic heterocycles. The minimum absolute atomic E-state index is 0.243. The highest BCUT2D eigenvalue weighted by atomic mass is 79.9. The third kappa shape index (κ3) is 1.64. The van der Waals surface area contributed by atoms with Gasteiger partial charge in [0, 0.05) is 17.1 Å². The summed E-state index contributed by atoms with van der Waals surface area (Å²) < 4.78 is 17.0. The molecule has 5 heteroatoms. The van der Waals surface area contributed by atoms with Gasteiger partial charge in [0.15, 0.2) is 0 Å². The fraction of sp³-hybridized carbons (Fsp3) is 0.357. The lowest BCUT2D eigenvalue weighted by atomic mass is 9.88. The summed E-state index contributed by atoms with van der Waals surface area (Å²) in [6.07, 6.45) is 1.78. The Labute approximate surface area is 120 Å². The number of hydrogen-bond acceptors (Lipinski definition) is 2. The molecule has 0 aliphatic carbocycles. The molecule has 1 aromatic heterocycles. The molecular formula is C14H15BrFN3. The van der Waals surface area contributed by atoms with Crippen LogP contribution < -0.4 is 5.32 Å². The van der Waals surface area contributed by atoms with Gasteiger partial charge in [-0.15, -0.1) is 0 Å².